The van der Waals surface area contributed by atoms with Gasteiger partial charge in [-0.25, -0.2) is 13.8 Å². The summed E-state index contributed by atoms with van der Waals surface area (Å²) in [6, 6.07) is 15.8. The highest BCUT2D eigenvalue weighted by Crippen LogP contribution is 2.40. The first kappa shape index (κ1) is 20.8. The minimum Gasteiger partial charge on any atom is -0.494 e. The van der Waals surface area contributed by atoms with E-state index in [9.17, 15) is 8.78 Å². The highest BCUT2D eigenvalue weighted by atomic mass is 19.3. The maximum Gasteiger partial charge on any atom is 0.295 e. The van der Waals surface area contributed by atoms with Crippen molar-refractivity contribution in [1.29, 1.82) is 0 Å². The van der Waals surface area contributed by atoms with E-state index >= 15 is 0 Å². The summed E-state index contributed by atoms with van der Waals surface area (Å²) >= 11 is 0. The molecule has 4 nitrogen and oxygen atoms in total. The van der Waals surface area contributed by atoms with Crippen LogP contribution in [0.25, 0.3) is 11.0 Å². The van der Waals surface area contributed by atoms with Gasteiger partial charge in [-0.15, -0.1) is 0 Å². The number of H-pyrrole nitrogens is 1. The first-order valence-electron chi connectivity index (χ1n) is 10.6. The predicted octanol–water partition coefficient (Wildman–Crippen LogP) is 5.57. The van der Waals surface area contributed by atoms with Crippen LogP contribution in [0.15, 0.2) is 48.5 Å². The molecule has 0 unspecified atom stereocenters. The number of nitrogens with zero attached hydrogens (tertiary/aromatic N) is 2. The highest BCUT2D eigenvalue weighted by Gasteiger charge is 2.38. The lowest BCUT2D eigenvalue weighted by Gasteiger charge is -2.45. The normalized spacial score (nSPS) is 22.6. The number of benzene rings is 2. The van der Waals surface area contributed by atoms with Crippen LogP contribution in [0.1, 0.15) is 44.5 Å². The molecule has 1 saturated heterocycles. The molecule has 2 heterocycles. The van der Waals surface area contributed by atoms with Gasteiger partial charge in [0.2, 0.25) is 0 Å². The molecule has 6 heteroatoms. The molecule has 2 atom stereocenters. The summed E-state index contributed by atoms with van der Waals surface area (Å²) in [4.78, 5) is 9.30. The fourth-order valence-electron chi connectivity index (χ4n) is 4.43. The van der Waals surface area contributed by atoms with Crippen LogP contribution < -0.4 is 4.74 Å². The topological polar surface area (TPSA) is 41.1 Å². The molecule has 3 aromatic rings. The lowest BCUT2D eigenvalue weighted by atomic mass is 9.68. The van der Waals surface area contributed by atoms with E-state index in [1.807, 2.05) is 42.5 Å². The average molecular weight is 414 g/mol. The van der Waals surface area contributed by atoms with E-state index < -0.39 is 6.43 Å². The monoisotopic (exact) mass is 413 g/mol. The SMILES string of the molecule is C[C@H]1CN(CCCOc2ccccc2)CC[C@]1(C)c1ccc2[nH]c(C(F)F)nc2c1. The molecule has 1 fully saturated rings. The van der Waals surface area contributed by atoms with Gasteiger partial charge >= 0.3 is 0 Å². The van der Waals surface area contributed by atoms with Gasteiger partial charge in [0.05, 0.1) is 17.6 Å². The first-order valence-corrected chi connectivity index (χ1v) is 10.6. The average Bonchev–Trinajstić information content (AvgIpc) is 3.18. The number of ether oxygens (including phenoxy) is 1. The standard InChI is InChI=1S/C24H29F2N3O/c1-17-16-29(12-6-14-30-19-7-4-3-5-8-19)13-11-24(17,2)18-9-10-20-21(15-18)28-23(27-20)22(25)26/h3-5,7-10,15,17,22H,6,11-14,16H2,1-2H3,(H,27,28)/t17-,24-/m0/s1. The number of halogens is 2. The zero-order chi connectivity index (χ0) is 21.1. The van der Waals surface area contributed by atoms with Crippen molar-refractivity contribution >= 4 is 11.0 Å². The Morgan fingerprint density at radius 3 is 2.77 bits per heavy atom. The zero-order valence-corrected chi connectivity index (χ0v) is 17.6. The first-order chi connectivity index (χ1) is 14.5. The number of fused-ring (bicyclic) bond motifs is 1. The van der Waals surface area contributed by atoms with Gasteiger partial charge in [-0.05, 0) is 60.5 Å². The maximum absolute atomic E-state index is 13.0. The molecule has 0 radical (unpaired) electrons. The molecule has 0 bridgehead atoms. The molecular weight excluding hydrogens is 384 g/mol. The summed E-state index contributed by atoms with van der Waals surface area (Å²) in [7, 11) is 0. The highest BCUT2D eigenvalue weighted by molar-refractivity contribution is 5.76. The minimum absolute atomic E-state index is 0.00910. The second-order valence-electron chi connectivity index (χ2n) is 8.54. The minimum atomic E-state index is -2.58. The van der Waals surface area contributed by atoms with Crippen molar-refractivity contribution in [2.24, 2.45) is 5.92 Å². The van der Waals surface area contributed by atoms with E-state index in [1.165, 1.54) is 5.56 Å². The van der Waals surface area contributed by atoms with Crippen LogP contribution in [0, 0.1) is 5.92 Å². The van der Waals surface area contributed by atoms with Crippen molar-refractivity contribution in [2.45, 2.75) is 38.5 Å². The van der Waals surface area contributed by atoms with Gasteiger partial charge in [0, 0.05) is 13.1 Å². The third kappa shape index (κ3) is 4.33. The van der Waals surface area contributed by atoms with E-state index in [1.54, 1.807) is 0 Å². The van der Waals surface area contributed by atoms with Crippen molar-refractivity contribution in [3.05, 3.63) is 59.9 Å². The van der Waals surface area contributed by atoms with Crippen LogP contribution in [0.3, 0.4) is 0 Å². The Hall–Kier alpha value is -2.47. The van der Waals surface area contributed by atoms with Crippen molar-refractivity contribution in [3.8, 4) is 5.75 Å². The third-order valence-electron chi connectivity index (χ3n) is 6.57. The quantitative estimate of drug-likeness (QED) is 0.515. The van der Waals surface area contributed by atoms with Crippen molar-refractivity contribution in [2.75, 3.05) is 26.2 Å². The largest absolute Gasteiger partial charge is 0.494 e. The van der Waals surface area contributed by atoms with Gasteiger partial charge in [0.1, 0.15) is 5.75 Å². The molecule has 0 aliphatic carbocycles. The van der Waals surface area contributed by atoms with E-state index in [4.69, 9.17) is 4.74 Å². The van der Waals surface area contributed by atoms with Crippen LogP contribution in [0.5, 0.6) is 5.75 Å². The predicted molar refractivity (Wildman–Crippen MR) is 115 cm³/mol. The number of hydrogen-bond acceptors (Lipinski definition) is 3. The second-order valence-corrected chi connectivity index (χ2v) is 8.54. The van der Waals surface area contributed by atoms with Crippen molar-refractivity contribution in [3.63, 3.8) is 0 Å². The molecule has 4 rings (SSSR count). The van der Waals surface area contributed by atoms with E-state index in [0.29, 0.717) is 23.6 Å². The molecule has 1 aliphatic heterocycles. The number of aromatic nitrogens is 2. The Kier molecular flexibility index (Phi) is 6.04. The number of likely N-dealkylation sites (tertiary alicyclic amines) is 1. The Bertz CT molecular complexity index is 975. The molecule has 0 spiro atoms. The van der Waals surface area contributed by atoms with Crippen molar-refractivity contribution in [1.82, 2.24) is 14.9 Å². The Morgan fingerprint density at radius 2 is 2.03 bits per heavy atom. The van der Waals surface area contributed by atoms with E-state index in [-0.39, 0.29) is 11.2 Å². The Labute approximate surface area is 176 Å². The summed E-state index contributed by atoms with van der Waals surface area (Å²) in [5.74, 6) is 1.11. The number of hydrogen-bond donors (Lipinski definition) is 1. The van der Waals surface area contributed by atoms with Gasteiger partial charge in [0.15, 0.2) is 5.82 Å². The third-order valence-corrected chi connectivity index (χ3v) is 6.57. The summed E-state index contributed by atoms with van der Waals surface area (Å²) < 4.78 is 31.7. The number of nitrogens with one attached hydrogen (secondary N) is 1. The van der Waals surface area contributed by atoms with Crippen LogP contribution in [0.2, 0.25) is 0 Å². The van der Waals surface area contributed by atoms with Crippen LogP contribution in [0.4, 0.5) is 8.78 Å². The molecule has 0 saturated carbocycles. The number of imidazole rings is 1. The molecule has 0 amide bonds. The zero-order valence-electron chi connectivity index (χ0n) is 17.6. The van der Waals surface area contributed by atoms with Crippen LogP contribution >= 0.6 is 0 Å². The number of alkyl halides is 2. The molecule has 160 valence electrons. The fourth-order valence-corrected chi connectivity index (χ4v) is 4.43. The lowest BCUT2D eigenvalue weighted by molar-refractivity contribution is 0.106. The number of piperidine rings is 1. The summed E-state index contributed by atoms with van der Waals surface area (Å²) in [6.07, 6.45) is -0.552. The summed E-state index contributed by atoms with van der Waals surface area (Å²) in [5, 5.41) is 0. The van der Waals surface area contributed by atoms with Gasteiger partial charge in [-0.3, -0.25) is 0 Å². The molecular formula is C24H29F2N3O. The summed E-state index contributed by atoms with van der Waals surface area (Å²) in [5.41, 5.74) is 2.48. The van der Waals surface area contributed by atoms with E-state index in [2.05, 4.69) is 34.8 Å². The Morgan fingerprint density at radius 1 is 1.23 bits per heavy atom. The van der Waals surface area contributed by atoms with Gasteiger partial charge in [-0.2, -0.15) is 0 Å². The molecule has 1 N–H and O–H groups in total. The molecule has 1 aliphatic rings. The smallest absolute Gasteiger partial charge is 0.295 e. The number of rotatable bonds is 7. The molecule has 1 aromatic heterocycles. The number of para-hydroxylation sites is 1. The van der Waals surface area contributed by atoms with Gasteiger partial charge in [-0.1, -0.05) is 38.1 Å². The lowest BCUT2D eigenvalue weighted by Crippen LogP contribution is -2.47. The van der Waals surface area contributed by atoms with Crippen molar-refractivity contribution < 1.29 is 13.5 Å². The van der Waals surface area contributed by atoms with Gasteiger partial charge in [0.25, 0.3) is 6.43 Å². The summed E-state index contributed by atoms with van der Waals surface area (Å²) in [6.45, 7) is 8.34. The fraction of sp³-hybridized carbons (Fsp3) is 0.458. The van der Waals surface area contributed by atoms with Crippen LogP contribution in [-0.4, -0.2) is 41.1 Å². The molecule has 2 aromatic carbocycles. The van der Waals surface area contributed by atoms with Crippen LogP contribution in [-0.2, 0) is 5.41 Å². The maximum atomic E-state index is 13.0. The Balaban J connectivity index is 1.35. The van der Waals surface area contributed by atoms with Gasteiger partial charge < -0.3 is 14.6 Å². The van der Waals surface area contributed by atoms with E-state index in [0.717, 1.165) is 38.2 Å². The molecule has 30 heavy (non-hydrogen) atoms. The number of aromatic amines is 1. The second kappa shape index (κ2) is 8.72.